The number of hydrogen-bond acceptors (Lipinski definition) is 6. The third-order valence-electron chi connectivity index (χ3n) is 7.30. The Kier molecular flexibility index (Phi) is 5.09. The number of aromatic carboxylic acids is 1. The number of aromatic nitrogens is 1. The zero-order chi connectivity index (χ0) is 23.7. The average Bonchev–Trinajstić information content (AvgIpc) is 3.67. The van der Waals surface area contributed by atoms with Gasteiger partial charge in [-0.25, -0.2) is 18.0 Å². The molecule has 2 saturated carbocycles. The first-order valence-corrected chi connectivity index (χ1v) is 11.0. The van der Waals surface area contributed by atoms with Crippen LogP contribution in [-0.4, -0.2) is 58.7 Å². The highest BCUT2D eigenvalue weighted by Crippen LogP contribution is 2.48. The summed E-state index contributed by atoms with van der Waals surface area (Å²) in [4.78, 5) is 25.8. The van der Waals surface area contributed by atoms with Gasteiger partial charge in [-0.2, -0.15) is 0 Å². The summed E-state index contributed by atoms with van der Waals surface area (Å²) in [6.07, 6.45) is 2.13. The molecule has 2 aromatic rings. The van der Waals surface area contributed by atoms with Crippen LogP contribution in [0, 0.1) is 17.6 Å². The molecule has 1 aromatic heterocycles. The van der Waals surface area contributed by atoms with E-state index in [1.807, 2.05) is 0 Å². The summed E-state index contributed by atoms with van der Waals surface area (Å²) < 4.78 is 46.3. The van der Waals surface area contributed by atoms with Crippen LogP contribution in [0.4, 0.5) is 24.5 Å². The lowest BCUT2D eigenvalue weighted by molar-refractivity contribution is 0.0694. The van der Waals surface area contributed by atoms with E-state index in [-0.39, 0.29) is 35.7 Å². The molecule has 0 amide bonds. The van der Waals surface area contributed by atoms with Crippen molar-refractivity contribution in [3.8, 4) is 0 Å². The summed E-state index contributed by atoms with van der Waals surface area (Å²) in [6.45, 7) is 1.14. The summed E-state index contributed by atoms with van der Waals surface area (Å²) >= 11 is 0. The van der Waals surface area contributed by atoms with E-state index < -0.39 is 51.9 Å². The normalized spacial score (nSPS) is 25.6. The van der Waals surface area contributed by atoms with Gasteiger partial charge in [0.25, 0.3) is 0 Å². The second kappa shape index (κ2) is 7.63. The first-order chi connectivity index (χ1) is 15.7. The summed E-state index contributed by atoms with van der Waals surface area (Å²) in [6, 6.07) is -0.845. The van der Waals surface area contributed by atoms with Crippen molar-refractivity contribution in [2.24, 2.45) is 5.92 Å². The Morgan fingerprint density at radius 1 is 1.30 bits per heavy atom. The van der Waals surface area contributed by atoms with Crippen LogP contribution in [0.15, 0.2) is 11.0 Å². The lowest BCUT2D eigenvalue weighted by Gasteiger charge is -2.26. The van der Waals surface area contributed by atoms with Gasteiger partial charge in [0.2, 0.25) is 5.43 Å². The average molecular weight is 466 g/mol. The van der Waals surface area contributed by atoms with Crippen molar-refractivity contribution in [3.05, 3.63) is 33.6 Å². The number of halogens is 3. The predicted octanol–water partition coefficient (Wildman–Crippen LogP) is 1.78. The molecule has 5 N–H and O–H groups in total. The molecular weight excluding hydrogens is 441 g/mol. The number of pyridine rings is 1. The number of aliphatic hydroxyl groups excluding tert-OH is 1. The number of hydrogen-bond donors (Lipinski definition) is 4. The van der Waals surface area contributed by atoms with E-state index in [0.29, 0.717) is 26.1 Å². The summed E-state index contributed by atoms with van der Waals surface area (Å²) in [5.41, 5.74) is 2.57. The van der Waals surface area contributed by atoms with Crippen molar-refractivity contribution in [1.29, 1.82) is 0 Å². The van der Waals surface area contributed by atoms with Crippen molar-refractivity contribution in [1.82, 2.24) is 9.88 Å². The van der Waals surface area contributed by atoms with E-state index in [0.717, 1.165) is 23.6 Å². The highest BCUT2D eigenvalue weighted by atomic mass is 19.1. The molecule has 0 bridgehead atoms. The number of anilines is 2. The molecule has 11 heteroatoms. The molecule has 1 saturated heterocycles. The number of carbonyl (C=O) groups is 1. The molecule has 178 valence electrons. The smallest absolute Gasteiger partial charge is 0.341 e. The van der Waals surface area contributed by atoms with Gasteiger partial charge in [-0.3, -0.25) is 4.79 Å². The van der Waals surface area contributed by atoms with Crippen LogP contribution in [0.2, 0.25) is 0 Å². The Bertz CT molecular complexity index is 1210. The summed E-state index contributed by atoms with van der Waals surface area (Å²) in [7, 11) is 0. The zero-order valence-electron chi connectivity index (χ0n) is 17.8. The number of fused-ring (bicyclic) bond motifs is 1. The van der Waals surface area contributed by atoms with E-state index in [1.165, 1.54) is 0 Å². The maximum absolute atomic E-state index is 15.9. The molecule has 0 radical (unpaired) electrons. The Labute approximate surface area is 186 Å². The van der Waals surface area contributed by atoms with E-state index in [4.69, 9.17) is 10.8 Å². The minimum atomic E-state index is -1.58. The highest BCUT2D eigenvalue weighted by Gasteiger charge is 2.51. The maximum Gasteiger partial charge on any atom is 0.341 e. The molecule has 3 fully saturated rings. The molecule has 0 unspecified atom stereocenters. The number of nitrogens with two attached hydrogens (primary N) is 1. The fourth-order valence-electron chi connectivity index (χ4n) is 5.27. The van der Waals surface area contributed by atoms with Gasteiger partial charge in [0.15, 0.2) is 11.6 Å². The van der Waals surface area contributed by atoms with Crippen LogP contribution < -0.4 is 21.4 Å². The number of rotatable bonds is 7. The topological polar surface area (TPSA) is 121 Å². The predicted molar refractivity (Wildman–Crippen MR) is 115 cm³/mol. The van der Waals surface area contributed by atoms with E-state index >= 15 is 8.78 Å². The van der Waals surface area contributed by atoms with E-state index in [2.05, 4.69) is 5.32 Å². The van der Waals surface area contributed by atoms with Crippen molar-refractivity contribution >= 4 is 28.2 Å². The van der Waals surface area contributed by atoms with E-state index in [9.17, 15) is 19.1 Å². The van der Waals surface area contributed by atoms with Crippen molar-refractivity contribution in [3.63, 3.8) is 0 Å². The Hall–Kier alpha value is -2.79. The molecule has 1 aliphatic heterocycles. The number of nitrogens with zero attached hydrogens (tertiary/aromatic N) is 2. The Morgan fingerprint density at radius 3 is 2.58 bits per heavy atom. The molecule has 0 spiro atoms. The maximum atomic E-state index is 15.9. The van der Waals surface area contributed by atoms with Gasteiger partial charge < -0.3 is 30.7 Å². The zero-order valence-corrected chi connectivity index (χ0v) is 17.8. The quantitative estimate of drug-likeness (QED) is 0.459. The fourth-order valence-corrected chi connectivity index (χ4v) is 5.27. The molecule has 8 nitrogen and oxygen atoms in total. The van der Waals surface area contributed by atoms with Gasteiger partial charge in [0.05, 0.1) is 29.2 Å². The SMILES string of the molecule is Nc1c(F)c(N2CC[C@@H](C3(NCCO)CC3)C2)c(F)c2c1c(=O)c(C(=O)O)cn2[C@@H]1C[C@@H]1F. The van der Waals surface area contributed by atoms with Crippen LogP contribution in [0.1, 0.15) is 42.1 Å². The first-order valence-electron chi connectivity index (χ1n) is 11.0. The molecule has 2 heterocycles. The van der Waals surface area contributed by atoms with Crippen LogP contribution >= 0.6 is 0 Å². The van der Waals surface area contributed by atoms with Crippen LogP contribution in [0.3, 0.4) is 0 Å². The van der Waals surface area contributed by atoms with Crippen molar-refractivity contribution in [2.45, 2.75) is 43.4 Å². The van der Waals surface area contributed by atoms with Crippen LogP contribution in [-0.2, 0) is 0 Å². The Morgan fingerprint density at radius 2 is 2.00 bits per heavy atom. The first kappa shape index (κ1) is 22.0. The molecule has 5 rings (SSSR count). The monoisotopic (exact) mass is 466 g/mol. The van der Waals surface area contributed by atoms with Crippen LogP contribution in [0.25, 0.3) is 10.9 Å². The number of nitrogen functional groups attached to an aromatic ring is 1. The van der Waals surface area contributed by atoms with Gasteiger partial charge in [0.1, 0.15) is 17.4 Å². The number of benzene rings is 1. The van der Waals surface area contributed by atoms with Crippen molar-refractivity contribution < 1.29 is 28.2 Å². The number of carboxylic acids is 1. The fraction of sp³-hybridized carbons (Fsp3) is 0.545. The summed E-state index contributed by atoms with van der Waals surface area (Å²) in [5, 5.41) is 21.3. The molecular formula is C22H25F3N4O4. The lowest BCUT2D eigenvalue weighted by atomic mass is 9.96. The van der Waals surface area contributed by atoms with Gasteiger partial charge in [-0.15, -0.1) is 0 Å². The second-order valence-electron chi connectivity index (χ2n) is 9.26. The third-order valence-corrected chi connectivity index (χ3v) is 7.30. The third kappa shape index (κ3) is 3.36. The largest absolute Gasteiger partial charge is 0.477 e. The van der Waals surface area contributed by atoms with E-state index in [1.54, 1.807) is 4.90 Å². The standard InChI is InChI=1S/C22H25F3N4O4/c23-12-7-13(12)29-9-11(21(32)33)20(31)14-17(26)15(24)19(16(25)18(14)29)28-5-1-10(8-28)22(2-3-22)27-4-6-30/h9-10,12-13,27,30H,1-8,26H2,(H,32,33)/t10-,12+,13-/m1/s1. The van der Waals surface area contributed by atoms with Gasteiger partial charge in [0, 0.05) is 37.8 Å². The molecule has 3 atom stereocenters. The van der Waals surface area contributed by atoms with Gasteiger partial charge in [-0.05, 0) is 25.2 Å². The number of alkyl halides is 1. The number of carboxylic acid groups (broad SMARTS) is 1. The second-order valence-corrected chi connectivity index (χ2v) is 9.26. The summed E-state index contributed by atoms with van der Waals surface area (Å²) in [5.74, 6) is -3.63. The highest BCUT2D eigenvalue weighted by molar-refractivity contribution is 5.99. The molecule has 3 aliphatic rings. The van der Waals surface area contributed by atoms with Crippen LogP contribution in [0.5, 0.6) is 0 Å². The molecule has 2 aliphatic carbocycles. The number of β-amino-alcohol motifs (C(OH)–C–C–N with tert-alkyl or cyclic N) is 1. The number of aliphatic hydroxyl groups is 1. The van der Waals surface area contributed by atoms with Crippen molar-refractivity contribution in [2.75, 3.05) is 36.9 Å². The lowest BCUT2D eigenvalue weighted by Crippen LogP contribution is -2.41. The van der Waals surface area contributed by atoms with Gasteiger partial charge >= 0.3 is 5.97 Å². The van der Waals surface area contributed by atoms with Gasteiger partial charge in [-0.1, -0.05) is 0 Å². The molecule has 1 aromatic carbocycles. The minimum Gasteiger partial charge on any atom is -0.477 e. The minimum absolute atomic E-state index is 0.00472. The Balaban J connectivity index is 1.62. The molecule has 33 heavy (non-hydrogen) atoms. The number of nitrogens with one attached hydrogen (secondary N) is 1.